The zero-order valence-electron chi connectivity index (χ0n) is 14.1. The molecule has 0 unspecified atom stereocenters. The van der Waals surface area contributed by atoms with E-state index in [0.717, 1.165) is 19.3 Å². The first kappa shape index (κ1) is 20.0. The Hall–Kier alpha value is -1.00. The Morgan fingerprint density at radius 3 is 2.10 bits per heavy atom. The van der Waals surface area contributed by atoms with Gasteiger partial charge in [0.25, 0.3) is 0 Å². The van der Waals surface area contributed by atoms with Crippen LogP contribution in [0.25, 0.3) is 0 Å². The topological polar surface area (TPSA) is 20.2 Å². The van der Waals surface area contributed by atoms with Crippen LogP contribution in [-0.2, 0) is 0 Å². The third-order valence-corrected chi connectivity index (χ3v) is 3.41. The molecule has 0 bridgehead atoms. The monoisotopic (exact) mass is 290 g/mol. The number of unbranched alkanes of at least 4 members (excludes halogenated alkanes) is 7. The highest BCUT2D eigenvalue weighted by Gasteiger charge is 1.96. The van der Waals surface area contributed by atoms with E-state index in [9.17, 15) is 5.11 Å². The maximum atomic E-state index is 9.62. The third-order valence-electron chi connectivity index (χ3n) is 3.41. The Balaban J connectivity index is 3.45. The normalized spacial score (nSPS) is 12.7. The number of hydrogen-bond acceptors (Lipinski definition) is 1. The van der Waals surface area contributed by atoms with E-state index < -0.39 is 6.10 Å². The van der Waals surface area contributed by atoms with Gasteiger partial charge in [-0.15, -0.1) is 0 Å². The lowest BCUT2D eigenvalue weighted by molar-refractivity contribution is 0.217. The van der Waals surface area contributed by atoms with Gasteiger partial charge in [0.05, 0.1) is 0 Å². The van der Waals surface area contributed by atoms with Crippen LogP contribution in [0, 0.1) is 11.8 Å². The molecule has 0 heterocycles. The largest absolute Gasteiger partial charge is 0.380 e. The molecule has 1 heteroatoms. The summed E-state index contributed by atoms with van der Waals surface area (Å²) < 4.78 is 0. The molecule has 0 saturated carbocycles. The summed E-state index contributed by atoms with van der Waals surface area (Å²) in [5.74, 6) is 5.82. The average molecular weight is 290 g/mol. The molecule has 0 radical (unpaired) electrons. The van der Waals surface area contributed by atoms with Crippen molar-refractivity contribution < 1.29 is 5.11 Å². The van der Waals surface area contributed by atoms with Crippen LogP contribution in [0.3, 0.4) is 0 Å². The van der Waals surface area contributed by atoms with Gasteiger partial charge < -0.3 is 5.11 Å². The lowest BCUT2D eigenvalue weighted by Crippen LogP contribution is -2.01. The van der Waals surface area contributed by atoms with Gasteiger partial charge in [0.1, 0.15) is 6.10 Å². The van der Waals surface area contributed by atoms with E-state index in [-0.39, 0.29) is 0 Å². The predicted molar refractivity (Wildman–Crippen MR) is 94.2 cm³/mol. The maximum absolute atomic E-state index is 9.62. The zero-order valence-corrected chi connectivity index (χ0v) is 14.1. The average Bonchev–Trinajstić information content (AvgIpc) is 2.48. The molecule has 0 aromatic carbocycles. The van der Waals surface area contributed by atoms with Crippen molar-refractivity contribution in [3.05, 3.63) is 24.3 Å². The van der Waals surface area contributed by atoms with Gasteiger partial charge in [-0.05, 0) is 51.0 Å². The quantitative estimate of drug-likeness (QED) is 0.274. The molecule has 0 aromatic heterocycles. The van der Waals surface area contributed by atoms with Crippen LogP contribution in [0.5, 0.6) is 0 Å². The summed E-state index contributed by atoms with van der Waals surface area (Å²) in [6, 6.07) is 0. The number of rotatable bonds is 12. The molecule has 0 fully saturated rings. The lowest BCUT2D eigenvalue weighted by Gasteiger charge is -2.00. The minimum Gasteiger partial charge on any atom is -0.380 e. The Morgan fingerprint density at radius 2 is 1.43 bits per heavy atom. The van der Waals surface area contributed by atoms with Crippen LogP contribution >= 0.6 is 0 Å². The molecule has 0 spiro atoms. The van der Waals surface area contributed by atoms with E-state index in [0.29, 0.717) is 0 Å². The molecule has 1 N–H and O–H groups in total. The SMILES string of the molecule is CCCC/C=C\CCCC/C=C\C#C[C@H](O)CCCCC. The van der Waals surface area contributed by atoms with Gasteiger partial charge in [0.15, 0.2) is 0 Å². The van der Waals surface area contributed by atoms with Crippen molar-refractivity contribution in [3.8, 4) is 11.8 Å². The van der Waals surface area contributed by atoms with Crippen LogP contribution < -0.4 is 0 Å². The van der Waals surface area contributed by atoms with Crippen molar-refractivity contribution in [1.29, 1.82) is 0 Å². The Morgan fingerprint density at radius 1 is 0.810 bits per heavy atom. The number of aliphatic hydroxyl groups excluding tert-OH is 1. The lowest BCUT2D eigenvalue weighted by atomic mass is 10.1. The second-order valence-corrected chi connectivity index (χ2v) is 5.60. The van der Waals surface area contributed by atoms with Gasteiger partial charge in [-0.3, -0.25) is 0 Å². The van der Waals surface area contributed by atoms with E-state index in [1.165, 1.54) is 51.4 Å². The second kappa shape index (κ2) is 17.1. The minimum absolute atomic E-state index is 0.450. The number of hydrogen-bond donors (Lipinski definition) is 1. The highest BCUT2D eigenvalue weighted by atomic mass is 16.3. The molecule has 0 aliphatic heterocycles. The molecule has 1 atom stereocenters. The molecular formula is C20H34O. The first-order valence-corrected chi connectivity index (χ1v) is 8.80. The Kier molecular flexibility index (Phi) is 16.2. The van der Waals surface area contributed by atoms with Crippen LogP contribution in [0.1, 0.15) is 84.5 Å². The molecule has 1 nitrogen and oxygen atoms in total. The summed E-state index contributed by atoms with van der Waals surface area (Å²) in [5.41, 5.74) is 0. The number of aliphatic hydroxyl groups is 1. The fourth-order valence-electron chi connectivity index (χ4n) is 2.03. The van der Waals surface area contributed by atoms with Gasteiger partial charge in [0.2, 0.25) is 0 Å². The fourth-order valence-corrected chi connectivity index (χ4v) is 2.03. The highest BCUT2D eigenvalue weighted by Crippen LogP contribution is 2.04. The molecule has 0 rings (SSSR count). The van der Waals surface area contributed by atoms with Gasteiger partial charge in [-0.25, -0.2) is 0 Å². The first-order valence-electron chi connectivity index (χ1n) is 8.80. The van der Waals surface area contributed by atoms with E-state index in [1.54, 1.807) is 0 Å². The molecule has 120 valence electrons. The maximum Gasteiger partial charge on any atom is 0.115 e. The highest BCUT2D eigenvalue weighted by molar-refractivity contribution is 5.17. The molecule has 0 aromatic rings. The Labute approximate surface area is 132 Å². The van der Waals surface area contributed by atoms with Crippen LogP contribution in [-0.4, -0.2) is 11.2 Å². The summed E-state index contributed by atoms with van der Waals surface area (Å²) in [7, 11) is 0. The summed E-state index contributed by atoms with van der Waals surface area (Å²) in [5, 5.41) is 9.62. The van der Waals surface area contributed by atoms with E-state index in [4.69, 9.17) is 0 Å². The van der Waals surface area contributed by atoms with Crippen molar-refractivity contribution in [1.82, 2.24) is 0 Å². The summed E-state index contributed by atoms with van der Waals surface area (Å²) in [6.45, 7) is 4.40. The summed E-state index contributed by atoms with van der Waals surface area (Å²) in [4.78, 5) is 0. The zero-order chi connectivity index (χ0) is 15.6. The minimum atomic E-state index is -0.450. The Bertz CT molecular complexity index is 316. The smallest absolute Gasteiger partial charge is 0.115 e. The molecule has 0 aliphatic rings. The van der Waals surface area contributed by atoms with E-state index in [2.05, 4.69) is 43.9 Å². The van der Waals surface area contributed by atoms with Gasteiger partial charge in [-0.1, -0.05) is 69.6 Å². The van der Waals surface area contributed by atoms with Crippen LogP contribution in [0.15, 0.2) is 24.3 Å². The van der Waals surface area contributed by atoms with Crippen LogP contribution in [0.4, 0.5) is 0 Å². The fraction of sp³-hybridized carbons (Fsp3) is 0.700. The number of allylic oxidation sites excluding steroid dienone is 4. The second-order valence-electron chi connectivity index (χ2n) is 5.60. The van der Waals surface area contributed by atoms with Gasteiger partial charge in [-0.2, -0.15) is 0 Å². The van der Waals surface area contributed by atoms with Crippen LogP contribution in [0.2, 0.25) is 0 Å². The molecule has 0 aliphatic carbocycles. The predicted octanol–water partition coefficient (Wildman–Crippen LogP) is 5.79. The summed E-state index contributed by atoms with van der Waals surface area (Å²) >= 11 is 0. The van der Waals surface area contributed by atoms with Crippen molar-refractivity contribution >= 4 is 0 Å². The van der Waals surface area contributed by atoms with E-state index >= 15 is 0 Å². The molecule has 21 heavy (non-hydrogen) atoms. The van der Waals surface area contributed by atoms with Crippen molar-refractivity contribution in [2.75, 3.05) is 0 Å². The van der Waals surface area contributed by atoms with E-state index in [1.807, 2.05) is 6.08 Å². The van der Waals surface area contributed by atoms with Crippen molar-refractivity contribution in [3.63, 3.8) is 0 Å². The summed E-state index contributed by atoms with van der Waals surface area (Å²) in [6.07, 6.45) is 21.0. The van der Waals surface area contributed by atoms with Gasteiger partial charge in [0, 0.05) is 0 Å². The molecule has 0 amide bonds. The van der Waals surface area contributed by atoms with Crippen molar-refractivity contribution in [2.45, 2.75) is 90.6 Å². The van der Waals surface area contributed by atoms with Gasteiger partial charge >= 0.3 is 0 Å². The first-order chi connectivity index (χ1) is 10.3. The third kappa shape index (κ3) is 16.9. The molecular weight excluding hydrogens is 256 g/mol. The standard InChI is InChI=1S/C20H34O/c1-3-5-7-8-9-10-11-12-13-14-15-17-19-20(21)18-16-6-4-2/h8-9,14-15,20-21H,3-7,10-13,16,18H2,1-2H3/b9-8-,15-14-/t20-/m1/s1. The molecule has 0 saturated heterocycles. The van der Waals surface area contributed by atoms with Crippen molar-refractivity contribution in [2.24, 2.45) is 0 Å².